The SMILES string of the molecule is CCOC(=O)CCCNC(=O)c1ccccc1Sc1ccccc1C#N. The fraction of sp³-hybridized carbons (Fsp3) is 0.250. The van der Waals surface area contributed by atoms with Crippen LogP contribution in [0.3, 0.4) is 0 Å². The molecule has 0 aliphatic rings. The molecule has 0 aromatic heterocycles. The zero-order chi connectivity index (χ0) is 18.8. The second-order valence-electron chi connectivity index (χ2n) is 5.37. The molecule has 0 aliphatic heterocycles. The Morgan fingerprint density at radius 1 is 1.12 bits per heavy atom. The summed E-state index contributed by atoms with van der Waals surface area (Å²) in [5.74, 6) is -0.461. The second kappa shape index (κ2) is 10.3. The average molecular weight is 368 g/mol. The van der Waals surface area contributed by atoms with Gasteiger partial charge in [-0.1, -0.05) is 36.0 Å². The first-order valence-corrected chi connectivity index (χ1v) is 9.17. The largest absolute Gasteiger partial charge is 0.466 e. The molecule has 0 saturated carbocycles. The molecule has 0 radical (unpaired) electrons. The molecule has 0 spiro atoms. The van der Waals surface area contributed by atoms with E-state index in [1.807, 2.05) is 30.3 Å². The fourth-order valence-corrected chi connectivity index (χ4v) is 3.30. The number of amides is 1. The molecule has 0 fully saturated rings. The van der Waals surface area contributed by atoms with Crippen molar-refractivity contribution in [3.8, 4) is 6.07 Å². The van der Waals surface area contributed by atoms with Gasteiger partial charge in [-0.3, -0.25) is 9.59 Å². The first-order chi connectivity index (χ1) is 12.7. The van der Waals surface area contributed by atoms with Crippen molar-refractivity contribution in [2.45, 2.75) is 29.6 Å². The maximum Gasteiger partial charge on any atom is 0.305 e. The average Bonchev–Trinajstić information content (AvgIpc) is 2.66. The van der Waals surface area contributed by atoms with Gasteiger partial charge in [0.05, 0.1) is 17.7 Å². The van der Waals surface area contributed by atoms with E-state index in [9.17, 15) is 14.9 Å². The van der Waals surface area contributed by atoms with Crippen LogP contribution in [0.1, 0.15) is 35.7 Å². The summed E-state index contributed by atoms with van der Waals surface area (Å²) in [5.41, 5.74) is 1.11. The van der Waals surface area contributed by atoms with Crippen LogP contribution in [0.15, 0.2) is 58.3 Å². The molecule has 2 aromatic carbocycles. The number of benzene rings is 2. The Morgan fingerprint density at radius 3 is 2.54 bits per heavy atom. The molecule has 6 heteroatoms. The third-order valence-electron chi connectivity index (χ3n) is 3.51. The van der Waals surface area contributed by atoms with Gasteiger partial charge in [0.15, 0.2) is 0 Å². The molecule has 2 rings (SSSR count). The molecule has 0 heterocycles. The molecule has 26 heavy (non-hydrogen) atoms. The topological polar surface area (TPSA) is 79.2 Å². The summed E-state index contributed by atoms with van der Waals surface area (Å²) in [5, 5.41) is 12.0. The van der Waals surface area contributed by atoms with Crippen LogP contribution in [-0.4, -0.2) is 25.0 Å². The Bertz CT molecular complexity index is 815. The molecule has 2 aromatic rings. The number of carbonyl (C=O) groups is 2. The van der Waals surface area contributed by atoms with Crippen molar-refractivity contribution < 1.29 is 14.3 Å². The summed E-state index contributed by atoms with van der Waals surface area (Å²) < 4.78 is 4.86. The van der Waals surface area contributed by atoms with Crippen molar-refractivity contribution in [2.24, 2.45) is 0 Å². The van der Waals surface area contributed by atoms with Crippen molar-refractivity contribution in [2.75, 3.05) is 13.2 Å². The highest BCUT2D eigenvalue weighted by atomic mass is 32.2. The first kappa shape index (κ1) is 19.5. The number of hydrogen-bond donors (Lipinski definition) is 1. The van der Waals surface area contributed by atoms with Crippen LogP contribution in [0, 0.1) is 11.3 Å². The third-order valence-corrected chi connectivity index (χ3v) is 4.66. The van der Waals surface area contributed by atoms with Gasteiger partial charge in [0, 0.05) is 22.8 Å². The second-order valence-corrected chi connectivity index (χ2v) is 6.45. The Balaban J connectivity index is 2.01. The normalized spacial score (nSPS) is 10.0. The quantitative estimate of drug-likeness (QED) is 0.566. The van der Waals surface area contributed by atoms with Crippen LogP contribution in [0.5, 0.6) is 0 Å². The third kappa shape index (κ3) is 5.64. The first-order valence-electron chi connectivity index (χ1n) is 8.35. The monoisotopic (exact) mass is 368 g/mol. The molecular formula is C20H20N2O3S. The molecule has 0 saturated heterocycles. The molecule has 0 bridgehead atoms. The summed E-state index contributed by atoms with van der Waals surface area (Å²) in [7, 11) is 0. The van der Waals surface area contributed by atoms with Crippen LogP contribution in [0.2, 0.25) is 0 Å². The summed E-state index contributed by atoms with van der Waals surface area (Å²) in [6.45, 7) is 2.52. The van der Waals surface area contributed by atoms with Crippen LogP contribution in [-0.2, 0) is 9.53 Å². The lowest BCUT2D eigenvalue weighted by atomic mass is 10.2. The van der Waals surface area contributed by atoms with Crippen molar-refractivity contribution in [3.05, 3.63) is 59.7 Å². The van der Waals surface area contributed by atoms with E-state index in [-0.39, 0.29) is 18.3 Å². The van der Waals surface area contributed by atoms with Crippen LogP contribution >= 0.6 is 11.8 Å². The van der Waals surface area contributed by atoms with E-state index >= 15 is 0 Å². The summed E-state index contributed by atoms with van der Waals surface area (Å²) in [6.07, 6.45) is 0.803. The molecule has 134 valence electrons. The highest BCUT2D eigenvalue weighted by molar-refractivity contribution is 7.99. The van der Waals surface area contributed by atoms with E-state index in [0.717, 1.165) is 9.79 Å². The smallest absolute Gasteiger partial charge is 0.305 e. The van der Waals surface area contributed by atoms with Crippen LogP contribution in [0.25, 0.3) is 0 Å². The lowest BCUT2D eigenvalue weighted by Gasteiger charge is -2.10. The number of rotatable bonds is 8. The minimum absolute atomic E-state index is 0.202. The molecule has 0 aliphatic carbocycles. The van der Waals surface area contributed by atoms with Gasteiger partial charge in [-0.2, -0.15) is 5.26 Å². The fourth-order valence-electron chi connectivity index (χ4n) is 2.27. The number of nitriles is 1. The van der Waals surface area contributed by atoms with Gasteiger partial charge in [0.1, 0.15) is 6.07 Å². The Hall–Kier alpha value is -2.78. The molecule has 0 atom stereocenters. The van der Waals surface area contributed by atoms with Gasteiger partial charge in [-0.05, 0) is 37.6 Å². The lowest BCUT2D eigenvalue weighted by molar-refractivity contribution is -0.143. The van der Waals surface area contributed by atoms with Gasteiger partial charge in [0.2, 0.25) is 0 Å². The number of hydrogen-bond acceptors (Lipinski definition) is 5. The summed E-state index contributed by atoms with van der Waals surface area (Å²) >= 11 is 1.39. The van der Waals surface area contributed by atoms with E-state index in [1.54, 1.807) is 25.1 Å². The van der Waals surface area contributed by atoms with E-state index in [0.29, 0.717) is 30.7 Å². The van der Waals surface area contributed by atoms with E-state index < -0.39 is 0 Å². The maximum absolute atomic E-state index is 12.5. The predicted octanol–water partition coefficient (Wildman–Crippen LogP) is 3.78. The summed E-state index contributed by atoms with van der Waals surface area (Å²) in [4.78, 5) is 25.4. The maximum atomic E-state index is 12.5. The number of carbonyl (C=O) groups excluding carboxylic acids is 2. The van der Waals surface area contributed by atoms with Gasteiger partial charge in [0.25, 0.3) is 5.91 Å². The number of ether oxygens (including phenoxy) is 1. The highest BCUT2D eigenvalue weighted by Gasteiger charge is 2.13. The van der Waals surface area contributed by atoms with Gasteiger partial charge in [-0.15, -0.1) is 0 Å². The Kier molecular flexibility index (Phi) is 7.72. The lowest BCUT2D eigenvalue weighted by Crippen LogP contribution is -2.25. The van der Waals surface area contributed by atoms with Gasteiger partial charge >= 0.3 is 5.97 Å². The van der Waals surface area contributed by atoms with Crippen LogP contribution < -0.4 is 5.32 Å². The highest BCUT2D eigenvalue weighted by Crippen LogP contribution is 2.32. The zero-order valence-electron chi connectivity index (χ0n) is 14.5. The summed E-state index contributed by atoms with van der Waals surface area (Å²) in [6, 6.07) is 16.7. The molecular weight excluding hydrogens is 348 g/mol. The molecule has 5 nitrogen and oxygen atoms in total. The number of nitrogens with zero attached hydrogens (tertiary/aromatic N) is 1. The van der Waals surface area contributed by atoms with Crippen LogP contribution in [0.4, 0.5) is 0 Å². The van der Waals surface area contributed by atoms with Crippen molar-refractivity contribution in [3.63, 3.8) is 0 Å². The molecule has 1 N–H and O–H groups in total. The van der Waals surface area contributed by atoms with Crippen molar-refractivity contribution in [1.29, 1.82) is 5.26 Å². The van der Waals surface area contributed by atoms with Crippen molar-refractivity contribution in [1.82, 2.24) is 5.32 Å². The Morgan fingerprint density at radius 2 is 1.81 bits per heavy atom. The minimum atomic E-state index is -0.259. The molecule has 1 amide bonds. The van der Waals surface area contributed by atoms with E-state index in [1.165, 1.54) is 11.8 Å². The predicted molar refractivity (Wildman–Crippen MR) is 99.9 cm³/mol. The van der Waals surface area contributed by atoms with Crippen molar-refractivity contribution >= 4 is 23.6 Å². The minimum Gasteiger partial charge on any atom is -0.466 e. The number of esters is 1. The van der Waals surface area contributed by atoms with Gasteiger partial charge < -0.3 is 10.1 Å². The zero-order valence-corrected chi connectivity index (χ0v) is 15.3. The standard InChI is InChI=1S/C20H20N2O3S/c1-2-25-19(23)12-7-13-22-20(24)16-9-4-6-11-18(16)26-17-10-5-3-8-15(17)14-21/h3-6,8-11H,2,7,12-13H2,1H3,(H,22,24). The van der Waals surface area contributed by atoms with E-state index in [2.05, 4.69) is 11.4 Å². The Labute approximate surface area is 157 Å². The number of nitrogens with one attached hydrogen (secondary N) is 1. The molecule has 0 unspecified atom stereocenters. The van der Waals surface area contributed by atoms with Gasteiger partial charge in [-0.25, -0.2) is 0 Å². The van der Waals surface area contributed by atoms with E-state index in [4.69, 9.17) is 4.74 Å².